The molecule has 6 heteroatoms. The predicted molar refractivity (Wildman–Crippen MR) is 53.9 cm³/mol. The summed E-state index contributed by atoms with van der Waals surface area (Å²) < 4.78 is 0. The smallest absolute Gasteiger partial charge is 0.225 e. The summed E-state index contributed by atoms with van der Waals surface area (Å²) in [4.78, 5) is 21.5. The fourth-order valence-electron chi connectivity index (χ4n) is 1.14. The number of Topliss-reactive ketones (excluding diaryl/α,β-unsaturated/α-hetero) is 1. The van der Waals surface area contributed by atoms with Gasteiger partial charge in [0.25, 0.3) is 0 Å². The van der Waals surface area contributed by atoms with E-state index in [1.165, 1.54) is 6.92 Å². The summed E-state index contributed by atoms with van der Waals surface area (Å²) >= 11 is 11.4. The molecule has 2 rings (SSSR count). The van der Waals surface area contributed by atoms with Crippen LogP contribution in [-0.2, 0) is 0 Å². The molecule has 0 saturated heterocycles. The topological polar surface area (TPSA) is 58.6 Å². The van der Waals surface area contributed by atoms with Crippen molar-refractivity contribution in [3.8, 4) is 0 Å². The lowest BCUT2D eigenvalue weighted by molar-refractivity contribution is 0.101. The van der Waals surface area contributed by atoms with Gasteiger partial charge < -0.3 is 4.98 Å². The molecule has 14 heavy (non-hydrogen) atoms. The van der Waals surface area contributed by atoms with Crippen LogP contribution in [-0.4, -0.2) is 20.7 Å². The van der Waals surface area contributed by atoms with E-state index >= 15 is 0 Å². The molecule has 0 aliphatic carbocycles. The van der Waals surface area contributed by atoms with Crippen molar-refractivity contribution in [3.63, 3.8) is 0 Å². The van der Waals surface area contributed by atoms with Crippen LogP contribution >= 0.6 is 23.2 Å². The maximum Gasteiger partial charge on any atom is 0.225 e. The van der Waals surface area contributed by atoms with Gasteiger partial charge in [-0.05, 0) is 17.7 Å². The molecular formula is C8H5Cl2N3O. The van der Waals surface area contributed by atoms with E-state index in [1.807, 2.05) is 0 Å². The summed E-state index contributed by atoms with van der Waals surface area (Å²) in [5, 5.41) is 0.893. The van der Waals surface area contributed by atoms with Gasteiger partial charge in [0.15, 0.2) is 5.78 Å². The third kappa shape index (κ3) is 1.47. The highest BCUT2D eigenvalue weighted by Gasteiger charge is 2.10. The van der Waals surface area contributed by atoms with E-state index in [4.69, 9.17) is 23.2 Å². The van der Waals surface area contributed by atoms with Gasteiger partial charge in [0.05, 0.1) is 11.1 Å². The second-order valence-electron chi connectivity index (χ2n) is 2.78. The molecule has 2 aromatic rings. The van der Waals surface area contributed by atoms with Gasteiger partial charge in [0.2, 0.25) is 5.28 Å². The number of aromatic amines is 1. The van der Waals surface area contributed by atoms with Crippen molar-refractivity contribution in [1.29, 1.82) is 0 Å². The fourth-order valence-corrected chi connectivity index (χ4v) is 1.57. The van der Waals surface area contributed by atoms with E-state index in [0.29, 0.717) is 16.7 Å². The van der Waals surface area contributed by atoms with Crippen molar-refractivity contribution < 1.29 is 4.79 Å². The maximum absolute atomic E-state index is 11.1. The van der Waals surface area contributed by atoms with E-state index in [-0.39, 0.29) is 16.2 Å². The van der Waals surface area contributed by atoms with Crippen LogP contribution in [0.4, 0.5) is 0 Å². The Morgan fingerprint density at radius 1 is 1.43 bits per heavy atom. The first-order valence-electron chi connectivity index (χ1n) is 3.80. The fraction of sp³-hybridized carbons (Fsp3) is 0.125. The number of fused-ring (bicyclic) bond motifs is 1. The van der Waals surface area contributed by atoms with Crippen LogP contribution in [0.25, 0.3) is 11.0 Å². The highest BCUT2D eigenvalue weighted by atomic mass is 35.5. The normalized spacial score (nSPS) is 10.8. The standard InChI is InChI=1S/C8H5Cl2N3O/c1-3(14)5-2-4-6(9)12-8(10)13-7(4)11-5/h2H,1H3,(H,11,12,13). The van der Waals surface area contributed by atoms with Gasteiger partial charge in [-0.3, -0.25) is 4.79 Å². The Kier molecular flexibility index (Phi) is 2.17. The average molecular weight is 230 g/mol. The molecule has 0 aromatic carbocycles. The van der Waals surface area contributed by atoms with Crippen LogP contribution in [0.5, 0.6) is 0 Å². The van der Waals surface area contributed by atoms with E-state index in [1.54, 1.807) is 6.07 Å². The third-order valence-electron chi connectivity index (χ3n) is 1.79. The molecule has 0 aliphatic rings. The van der Waals surface area contributed by atoms with E-state index < -0.39 is 0 Å². The molecule has 2 aromatic heterocycles. The first-order valence-corrected chi connectivity index (χ1v) is 4.56. The zero-order chi connectivity index (χ0) is 10.3. The molecule has 0 bridgehead atoms. The maximum atomic E-state index is 11.1. The number of carbonyl (C=O) groups is 1. The van der Waals surface area contributed by atoms with Crippen molar-refractivity contribution in [3.05, 3.63) is 22.2 Å². The molecule has 0 amide bonds. The molecule has 4 nitrogen and oxygen atoms in total. The van der Waals surface area contributed by atoms with Crippen molar-refractivity contribution in [2.24, 2.45) is 0 Å². The molecule has 0 atom stereocenters. The molecule has 0 fully saturated rings. The quantitative estimate of drug-likeness (QED) is 0.465. The van der Waals surface area contributed by atoms with Crippen molar-refractivity contribution in [2.45, 2.75) is 6.92 Å². The second kappa shape index (κ2) is 3.22. The first kappa shape index (κ1) is 9.43. The molecule has 0 aliphatic heterocycles. The molecular weight excluding hydrogens is 225 g/mol. The lowest BCUT2D eigenvalue weighted by Crippen LogP contribution is -1.90. The number of ketones is 1. The van der Waals surface area contributed by atoms with Gasteiger partial charge in [-0.25, -0.2) is 4.98 Å². The Hall–Kier alpha value is -1.13. The lowest BCUT2D eigenvalue weighted by atomic mass is 10.3. The average Bonchev–Trinajstić information content (AvgIpc) is 2.47. The highest BCUT2D eigenvalue weighted by molar-refractivity contribution is 6.35. The largest absolute Gasteiger partial charge is 0.337 e. The Labute approximate surface area is 89.3 Å². The van der Waals surface area contributed by atoms with Crippen LogP contribution in [0, 0.1) is 0 Å². The van der Waals surface area contributed by atoms with E-state index in [9.17, 15) is 4.79 Å². The molecule has 0 spiro atoms. The number of halogens is 2. The molecule has 0 saturated carbocycles. The highest BCUT2D eigenvalue weighted by Crippen LogP contribution is 2.22. The zero-order valence-corrected chi connectivity index (χ0v) is 8.65. The Morgan fingerprint density at radius 2 is 2.14 bits per heavy atom. The summed E-state index contributed by atoms with van der Waals surface area (Å²) in [7, 11) is 0. The summed E-state index contributed by atoms with van der Waals surface area (Å²) in [6, 6.07) is 1.61. The van der Waals surface area contributed by atoms with Gasteiger partial charge >= 0.3 is 0 Å². The molecule has 0 radical (unpaired) electrons. The van der Waals surface area contributed by atoms with Crippen molar-refractivity contribution in [2.75, 3.05) is 0 Å². The second-order valence-corrected chi connectivity index (χ2v) is 3.48. The van der Waals surface area contributed by atoms with Gasteiger partial charge in [0.1, 0.15) is 10.8 Å². The van der Waals surface area contributed by atoms with Crippen LogP contribution < -0.4 is 0 Å². The molecule has 72 valence electrons. The number of nitrogens with zero attached hydrogens (tertiary/aromatic N) is 2. The summed E-state index contributed by atoms with van der Waals surface area (Å²) in [6.45, 7) is 1.45. The van der Waals surface area contributed by atoms with Crippen LogP contribution in [0.2, 0.25) is 10.4 Å². The Bertz CT molecular complexity index is 521. The van der Waals surface area contributed by atoms with Crippen molar-refractivity contribution in [1.82, 2.24) is 15.0 Å². The first-order chi connectivity index (χ1) is 6.58. The number of hydrogen-bond donors (Lipinski definition) is 1. The number of hydrogen-bond acceptors (Lipinski definition) is 3. The third-order valence-corrected chi connectivity index (χ3v) is 2.25. The number of aromatic nitrogens is 3. The summed E-state index contributed by atoms with van der Waals surface area (Å²) in [5.74, 6) is -0.0878. The SMILES string of the molecule is CC(=O)c1cc2c(Cl)nc(Cl)nc2[nH]1. The summed E-state index contributed by atoms with van der Waals surface area (Å²) in [5.41, 5.74) is 0.915. The van der Waals surface area contributed by atoms with Gasteiger partial charge in [-0.2, -0.15) is 4.98 Å². The van der Waals surface area contributed by atoms with Gasteiger partial charge in [0, 0.05) is 6.92 Å². The predicted octanol–water partition coefficient (Wildman–Crippen LogP) is 2.47. The molecule has 2 heterocycles. The van der Waals surface area contributed by atoms with Crippen LogP contribution in [0.1, 0.15) is 17.4 Å². The lowest BCUT2D eigenvalue weighted by Gasteiger charge is -1.92. The molecule has 1 N–H and O–H groups in total. The number of carbonyl (C=O) groups excluding carboxylic acids is 1. The monoisotopic (exact) mass is 229 g/mol. The minimum absolute atomic E-state index is 0.0550. The zero-order valence-electron chi connectivity index (χ0n) is 7.14. The Balaban J connectivity index is 2.76. The van der Waals surface area contributed by atoms with Crippen LogP contribution in [0.15, 0.2) is 6.07 Å². The minimum Gasteiger partial charge on any atom is -0.337 e. The van der Waals surface area contributed by atoms with E-state index in [2.05, 4.69) is 15.0 Å². The van der Waals surface area contributed by atoms with Crippen molar-refractivity contribution >= 4 is 40.0 Å². The van der Waals surface area contributed by atoms with E-state index in [0.717, 1.165) is 0 Å². The molecule has 0 unspecified atom stereocenters. The van der Waals surface area contributed by atoms with Gasteiger partial charge in [-0.15, -0.1) is 0 Å². The minimum atomic E-state index is -0.0878. The van der Waals surface area contributed by atoms with Gasteiger partial charge in [-0.1, -0.05) is 11.6 Å². The number of H-pyrrole nitrogens is 1. The summed E-state index contributed by atoms with van der Waals surface area (Å²) in [6.07, 6.45) is 0. The van der Waals surface area contributed by atoms with Crippen LogP contribution in [0.3, 0.4) is 0 Å². The number of nitrogens with one attached hydrogen (secondary N) is 1. The Morgan fingerprint density at radius 3 is 2.79 bits per heavy atom. The number of rotatable bonds is 1.